The number of likely N-dealkylation sites (tertiary alicyclic amines) is 1. The van der Waals surface area contributed by atoms with Crippen LogP contribution < -0.4 is 15.4 Å². The minimum absolute atomic E-state index is 0.111. The summed E-state index contributed by atoms with van der Waals surface area (Å²) in [5.41, 5.74) is 0.811. The molecule has 0 radical (unpaired) electrons. The number of fused-ring (bicyclic) bond motifs is 1. The molecule has 2 aliphatic carbocycles. The maximum atomic E-state index is 14.3. The van der Waals surface area contributed by atoms with Crippen LogP contribution in [0.2, 0.25) is 0 Å². The smallest absolute Gasteiger partial charge is 0.246 e. The predicted octanol–water partition coefficient (Wildman–Crippen LogP) is 5.91. The summed E-state index contributed by atoms with van der Waals surface area (Å²) in [7, 11) is 0. The molecule has 0 unspecified atom stereocenters. The van der Waals surface area contributed by atoms with Gasteiger partial charge in [-0.3, -0.25) is 14.4 Å². The molecule has 5 atom stereocenters. The van der Waals surface area contributed by atoms with Gasteiger partial charge in [-0.2, -0.15) is 0 Å². The van der Waals surface area contributed by atoms with Crippen molar-refractivity contribution < 1.29 is 23.9 Å². The number of benzene rings is 2. The van der Waals surface area contributed by atoms with Crippen molar-refractivity contribution in [1.82, 2.24) is 10.2 Å². The molecular weight excluding hydrogens is 554 g/mol. The van der Waals surface area contributed by atoms with E-state index in [0.717, 1.165) is 57.1 Å². The highest BCUT2D eigenvalue weighted by Gasteiger charge is 2.72. The molecule has 7 rings (SSSR count). The summed E-state index contributed by atoms with van der Waals surface area (Å²) < 4.78 is 12.4. The number of carbonyl (C=O) groups excluding carboxylic acids is 3. The highest BCUT2D eigenvalue weighted by molar-refractivity contribution is 6.02. The maximum Gasteiger partial charge on any atom is 0.246 e. The fourth-order valence-electron chi connectivity index (χ4n) is 7.89. The van der Waals surface area contributed by atoms with Crippen molar-refractivity contribution in [3.8, 4) is 11.5 Å². The fraction of sp³-hybridized carbons (Fsp3) is 0.472. The first-order valence-electron chi connectivity index (χ1n) is 16.3. The van der Waals surface area contributed by atoms with Gasteiger partial charge in [0, 0.05) is 18.3 Å². The van der Waals surface area contributed by atoms with Crippen LogP contribution in [0.25, 0.3) is 0 Å². The Kier molecular flexibility index (Phi) is 8.02. The SMILES string of the molecule is O=C(Nc1ccc(Oc2ccccc2)cc1)[C@@H]1[C@H]2C=C[C@]3(O2)[C@H](C(=O)NC2CCCCC2)N(CCC2=CCCCC2)C(=O)[C@@H]13. The number of hydrogen-bond donors (Lipinski definition) is 2. The molecule has 3 amide bonds. The Balaban J connectivity index is 1.10. The second kappa shape index (κ2) is 12.2. The summed E-state index contributed by atoms with van der Waals surface area (Å²) in [6.07, 6.45) is 16.0. The molecule has 44 heavy (non-hydrogen) atoms. The van der Waals surface area contributed by atoms with Gasteiger partial charge in [-0.15, -0.1) is 0 Å². The Bertz CT molecular complexity index is 1450. The second-order valence-electron chi connectivity index (χ2n) is 12.9. The van der Waals surface area contributed by atoms with Crippen LogP contribution in [0.3, 0.4) is 0 Å². The number of amides is 3. The normalized spacial score (nSPS) is 29.3. The minimum atomic E-state index is -1.14. The van der Waals surface area contributed by atoms with Gasteiger partial charge in [0.05, 0.1) is 17.9 Å². The standard InChI is InChI=1S/C36H41N3O5/c40-33(37-26-16-18-28(19-17-26)43-27-14-8-3-9-15-27)30-29-20-22-36(44-29)31(30)35(42)39(23-21-24-10-4-1-5-11-24)32(36)34(41)38-25-12-6-2-7-13-25/h3,8-10,14-20,22,25,29-32H,1-2,4-7,11-13,21,23H2,(H,37,40)(H,38,41)/t29-,30-,31-,32+,36-/m1/s1. The molecule has 2 aromatic carbocycles. The molecule has 8 heteroatoms. The van der Waals surface area contributed by atoms with E-state index < -0.39 is 29.6 Å². The number of para-hydroxylation sites is 1. The van der Waals surface area contributed by atoms with E-state index >= 15 is 0 Å². The van der Waals surface area contributed by atoms with Crippen molar-refractivity contribution in [1.29, 1.82) is 0 Å². The maximum absolute atomic E-state index is 14.3. The zero-order valence-corrected chi connectivity index (χ0v) is 25.1. The summed E-state index contributed by atoms with van der Waals surface area (Å²) >= 11 is 0. The van der Waals surface area contributed by atoms with Crippen molar-refractivity contribution in [2.45, 2.75) is 88.0 Å². The molecule has 2 saturated heterocycles. The molecule has 1 saturated carbocycles. The van der Waals surface area contributed by atoms with Crippen LogP contribution in [0.1, 0.15) is 64.2 Å². The monoisotopic (exact) mass is 595 g/mol. The Hall–Kier alpha value is -3.91. The minimum Gasteiger partial charge on any atom is -0.457 e. The van der Waals surface area contributed by atoms with Gasteiger partial charge < -0.3 is 25.0 Å². The first-order chi connectivity index (χ1) is 21.5. The lowest BCUT2D eigenvalue weighted by molar-refractivity contribution is -0.141. The summed E-state index contributed by atoms with van der Waals surface area (Å²) in [5.74, 6) is -0.695. The highest BCUT2D eigenvalue weighted by atomic mass is 16.5. The molecule has 2 bridgehead atoms. The molecule has 8 nitrogen and oxygen atoms in total. The number of anilines is 1. The molecule has 3 fully saturated rings. The highest BCUT2D eigenvalue weighted by Crippen LogP contribution is 2.55. The fourth-order valence-corrected chi connectivity index (χ4v) is 7.89. The summed E-state index contributed by atoms with van der Waals surface area (Å²) in [5, 5.41) is 6.28. The topological polar surface area (TPSA) is 97.0 Å². The van der Waals surface area contributed by atoms with Crippen LogP contribution >= 0.6 is 0 Å². The van der Waals surface area contributed by atoms with Crippen LogP contribution in [0.5, 0.6) is 11.5 Å². The zero-order valence-electron chi connectivity index (χ0n) is 25.1. The molecule has 0 aromatic heterocycles. The van der Waals surface area contributed by atoms with Crippen molar-refractivity contribution in [3.05, 3.63) is 78.4 Å². The molecule has 2 N–H and O–H groups in total. The number of allylic oxidation sites excluding steroid dienone is 1. The van der Waals surface area contributed by atoms with Gasteiger partial charge in [-0.1, -0.05) is 61.3 Å². The van der Waals surface area contributed by atoms with Crippen LogP contribution in [-0.2, 0) is 19.1 Å². The van der Waals surface area contributed by atoms with Gasteiger partial charge in [0.15, 0.2) is 0 Å². The molecule has 230 valence electrons. The van der Waals surface area contributed by atoms with Crippen molar-refractivity contribution >= 4 is 23.4 Å². The third-order valence-corrected chi connectivity index (χ3v) is 10.0. The van der Waals surface area contributed by atoms with E-state index in [1.807, 2.05) is 42.5 Å². The van der Waals surface area contributed by atoms with E-state index in [1.165, 1.54) is 18.4 Å². The second-order valence-corrected chi connectivity index (χ2v) is 12.9. The van der Waals surface area contributed by atoms with E-state index in [1.54, 1.807) is 29.2 Å². The summed E-state index contributed by atoms with van der Waals surface area (Å²) in [6.45, 7) is 0.449. The van der Waals surface area contributed by atoms with Crippen LogP contribution in [-0.4, -0.2) is 53.0 Å². The lowest BCUT2D eigenvalue weighted by Gasteiger charge is -2.34. The van der Waals surface area contributed by atoms with E-state index in [9.17, 15) is 14.4 Å². The number of nitrogens with zero attached hydrogens (tertiary/aromatic N) is 1. The Morgan fingerprint density at radius 2 is 1.70 bits per heavy atom. The number of ether oxygens (including phenoxy) is 2. The Morgan fingerprint density at radius 1 is 0.932 bits per heavy atom. The summed E-state index contributed by atoms with van der Waals surface area (Å²) in [6, 6.07) is 16.0. The first-order valence-corrected chi connectivity index (χ1v) is 16.3. The first kappa shape index (κ1) is 28.8. The predicted molar refractivity (Wildman–Crippen MR) is 167 cm³/mol. The van der Waals surface area contributed by atoms with Gasteiger partial charge >= 0.3 is 0 Å². The largest absolute Gasteiger partial charge is 0.457 e. The Morgan fingerprint density at radius 3 is 2.45 bits per heavy atom. The third kappa shape index (κ3) is 5.45. The van der Waals surface area contributed by atoms with Crippen molar-refractivity contribution in [2.24, 2.45) is 11.8 Å². The molecule has 5 aliphatic rings. The lowest BCUT2D eigenvalue weighted by atomic mass is 9.74. The molecule has 2 aromatic rings. The number of carbonyl (C=O) groups is 3. The average Bonchev–Trinajstić information content (AvgIpc) is 3.69. The van der Waals surface area contributed by atoms with Crippen LogP contribution in [0.4, 0.5) is 5.69 Å². The molecule has 3 aliphatic heterocycles. The van der Waals surface area contributed by atoms with Crippen molar-refractivity contribution in [3.63, 3.8) is 0 Å². The van der Waals surface area contributed by atoms with Gasteiger partial charge in [0.25, 0.3) is 0 Å². The number of rotatable bonds is 9. The third-order valence-electron chi connectivity index (χ3n) is 10.0. The molecule has 3 heterocycles. The van der Waals surface area contributed by atoms with Gasteiger partial charge in [0.1, 0.15) is 23.1 Å². The van der Waals surface area contributed by atoms with E-state index in [0.29, 0.717) is 18.0 Å². The van der Waals surface area contributed by atoms with Gasteiger partial charge in [-0.25, -0.2) is 0 Å². The molecule has 1 spiro atoms. The average molecular weight is 596 g/mol. The quantitative estimate of drug-likeness (QED) is 0.352. The van der Waals surface area contributed by atoms with E-state index in [-0.39, 0.29) is 23.8 Å². The van der Waals surface area contributed by atoms with Gasteiger partial charge in [0.2, 0.25) is 17.7 Å². The van der Waals surface area contributed by atoms with Crippen LogP contribution in [0, 0.1) is 11.8 Å². The van der Waals surface area contributed by atoms with E-state index in [4.69, 9.17) is 9.47 Å². The lowest BCUT2D eigenvalue weighted by Crippen LogP contribution is -2.56. The van der Waals surface area contributed by atoms with E-state index in [2.05, 4.69) is 16.7 Å². The van der Waals surface area contributed by atoms with Gasteiger partial charge in [-0.05, 0) is 81.3 Å². The summed E-state index contributed by atoms with van der Waals surface area (Å²) in [4.78, 5) is 43.8. The molecular formula is C36H41N3O5. The Labute approximate surface area is 258 Å². The number of nitrogens with one attached hydrogen (secondary N) is 2. The zero-order chi connectivity index (χ0) is 30.1. The number of hydrogen-bond acceptors (Lipinski definition) is 5. The van der Waals surface area contributed by atoms with Crippen LogP contribution in [0.15, 0.2) is 78.4 Å². The van der Waals surface area contributed by atoms with Crippen molar-refractivity contribution in [2.75, 3.05) is 11.9 Å².